The Balaban J connectivity index is 1.39. The number of nitrogens with one attached hydrogen (secondary N) is 2. The molecule has 0 heterocycles. The summed E-state index contributed by atoms with van der Waals surface area (Å²) in [4.78, 5) is 25.4. The minimum absolute atomic E-state index is 0.0364. The van der Waals surface area contributed by atoms with Gasteiger partial charge in [0, 0.05) is 11.1 Å². The zero-order chi connectivity index (χ0) is 18.5. The molecule has 5 rings (SSSR count). The molecule has 140 valence electrons. The van der Waals surface area contributed by atoms with Gasteiger partial charge in [0.05, 0.1) is 0 Å². The van der Waals surface area contributed by atoms with E-state index in [1.165, 1.54) is 25.3 Å². The maximum atomic E-state index is 13.6. The first-order valence-corrected chi connectivity index (χ1v) is 9.72. The van der Waals surface area contributed by atoms with E-state index in [4.69, 9.17) is 0 Å². The minimum Gasteiger partial charge on any atom is -0.344 e. The van der Waals surface area contributed by atoms with Gasteiger partial charge < -0.3 is 10.6 Å². The minimum atomic E-state index is -0.639. The van der Waals surface area contributed by atoms with E-state index in [9.17, 15) is 14.0 Å². The topological polar surface area (TPSA) is 58.2 Å². The van der Waals surface area contributed by atoms with E-state index in [0.29, 0.717) is 29.0 Å². The first kappa shape index (κ1) is 17.5. The molecule has 0 aromatic heterocycles. The molecule has 4 saturated carbocycles. The van der Waals surface area contributed by atoms with E-state index < -0.39 is 6.04 Å². The summed E-state index contributed by atoms with van der Waals surface area (Å²) in [5.74, 6) is 1.43. The highest BCUT2D eigenvalue weighted by Crippen LogP contribution is 2.60. The van der Waals surface area contributed by atoms with Gasteiger partial charge in [-0.25, -0.2) is 4.39 Å². The lowest BCUT2D eigenvalue weighted by Crippen LogP contribution is -2.56. The fraction of sp³-hybridized carbons (Fsp3) is 0.619. The molecule has 4 aliphatic carbocycles. The molecule has 4 fully saturated rings. The van der Waals surface area contributed by atoms with Gasteiger partial charge in [0.15, 0.2) is 0 Å². The normalized spacial score (nSPS) is 33.0. The molecule has 1 atom stereocenters. The molecule has 0 radical (unpaired) electrons. The number of halogens is 1. The molecule has 2 amide bonds. The fourth-order valence-corrected chi connectivity index (χ4v) is 5.73. The standard InChI is InChI=1S/C21H27FN2O2/c1-12-3-4-17(8-18(12)22)24-19(25)13(2)23-20(26)21-9-14-5-15(10-21)7-16(6-14)11-21/h3-4,8,13-16H,5-7,9-11H2,1-2H3,(H,23,26)(H,24,25)/t13-,14?,15?,16?,21?/m1/s1. The van der Waals surface area contributed by atoms with Crippen molar-refractivity contribution in [2.75, 3.05) is 5.32 Å². The number of hydrogen-bond acceptors (Lipinski definition) is 2. The second-order valence-electron chi connectivity index (χ2n) is 8.85. The molecule has 4 bridgehead atoms. The highest BCUT2D eigenvalue weighted by Gasteiger charge is 2.54. The van der Waals surface area contributed by atoms with E-state index in [1.54, 1.807) is 26.0 Å². The molecule has 2 N–H and O–H groups in total. The summed E-state index contributed by atoms with van der Waals surface area (Å²) in [6.07, 6.45) is 6.76. The summed E-state index contributed by atoms with van der Waals surface area (Å²) in [5.41, 5.74) is 0.680. The number of hydrogen-bond donors (Lipinski definition) is 2. The number of rotatable bonds is 4. The second kappa shape index (κ2) is 6.36. The zero-order valence-corrected chi connectivity index (χ0v) is 15.5. The second-order valence-corrected chi connectivity index (χ2v) is 8.85. The summed E-state index contributed by atoms with van der Waals surface area (Å²) >= 11 is 0. The van der Waals surface area contributed by atoms with Crippen LogP contribution in [0.25, 0.3) is 0 Å². The smallest absolute Gasteiger partial charge is 0.246 e. The Morgan fingerprint density at radius 2 is 1.69 bits per heavy atom. The predicted octanol–water partition coefficient (Wildman–Crippen LogP) is 3.79. The van der Waals surface area contributed by atoms with Gasteiger partial charge in [0.25, 0.3) is 0 Å². The van der Waals surface area contributed by atoms with E-state index in [2.05, 4.69) is 10.6 Å². The summed E-state index contributed by atoms with van der Waals surface area (Å²) in [6.45, 7) is 3.37. The van der Waals surface area contributed by atoms with Gasteiger partial charge in [-0.05, 0) is 87.8 Å². The molecule has 1 aromatic rings. The van der Waals surface area contributed by atoms with E-state index in [0.717, 1.165) is 19.3 Å². The van der Waals surface area contributed by atoms with Crippen LogP contribution in [0.3, 0.4) is 0 Å². The molecule has 5 heteroatoms. The van der Waals surface area contributed by atoms with Crippen molar-refractivity contribution in [2.45, 2.75) is 58.4 Å². The number of anilines is 1. The Morgan fingerprint density at radius 1 is 1.12 bits per heavy atom. The summed E-state index contributed by atoms with van der Waals surface area (Å²) in [6, 6.07) is 3.97. The Labute approximate surface area is 153 Å². The zero-order valence-electron chi connectivity index (χ0n) is 15.5. The average molecular weight is 358 g/mol. The lowest BCUT2D eigenvalue weighted by molar-refractivity contribution is -0.147. The van der Waals surface area contributed by atoms with Crippen LogP contribution in [0.5, 0.6) is 0 Å². The van der Waals surface area contributed by atoms with Crippen molar-refractivity contribution in [1.29, 1.82) is 0 Å². The lowest BCUT2D eigenvalue weighted by atomic mass is 9.49. The number of benzene rings is 1. The van der Waals surface area contributed by atoms with Gasteiger partial charge >= 0.3 is 0 Å². The Kier molecular flexibility index (Phi) is 4.28. The van der Waals surface area contributed by atoms with E-state index in [-0.39, 0.29) is 23.0 Å². The molecule has 0 aliphatic heterocycles. The van der Waals surface area contributed by atoms with Gasteiger partial charge in [-0.2, -0.15) is 0 Å². The molecule has 1 aromatic carbocycles. The third-order valence-corrected chi connectivity index (χ3v) is 6.70. The van der Waals surface area contributed by atoms with E-state index in [1.807, 2.05) is 0 Å². The number of amides is 2. The molecule has 26 heavy (non-hydrogen) atoms. The summed E-state index contributed by atoms with van der Waals surface area (Å²) < 4.78 is 13.6. The highest BCUT2D eigenvalue weighted by molar-refractivity contribution is 5.97. The molecule has 0 saturated heterocycles. The van der Waals surface area contributed by atoms with Gasteiger partial charge in [0.1, 0.15) is 11.9 Å². The molecule has 0 unspecified atom stereocenters. The monoisotopic (exact) mass is 358 g/mol. The van der Waals surface area contributed by atoms with E-state index >= 15 is 0 Å². The van der Waals surface area contributed by atoms with Crippen LogP contribution in [0.15, 0.2) is 18.2 Å². The third-order valence-electron chi connectivity index (χ3n) is 6.70. The third kappa shape index (κ3) is 3.12. The molecule has 0 spiro atoms. The van der Waals surface area contributed by atoms with Crippen molar-refractivity contribution in [3.05, 3.63) is 29.6 Å². The summed E-state index contributed by atoms with van der Waals surface area (Å²) in [5, 5.41) is 5.63. The average Bonchev–Trinajstić information content (AvgIpc) is 2.57. The van der Waals surface area contributed by atoms with Crippen LogP contribution in [-0.4, -0.2) is 17.9 Å². The first-order valence-electron chi connectivity index (χ1n) is 9.72. The van der Waals surface area contributed by atoms with Crippen LogP contribution < -0.4 is 10.6 Å². The van der Waals surface area contributed by atoms with Crippen molar-refractivity contribution in [1.82, 2.24) is 5.32 Å². The van der Waals surface area contributed by atoms with Crippen LogP contribution in [-0.2, 0) is 9.59 Å². The molecule has 4 aliphatic rings. The van der Waals surface area contributed by atoms with Crippen molar-refractivity contribution in [3.8, 4) is 0 Å². The molecular weight excluding hydrogens is 331 g/mol. The first-order chi connectivity index (χ1) is 12.3. The van der Waals surface area contributed by atoms with Crippen molar-refractivity contribution in [3.63, 3.8) is 0 Å². The quantitative estimate of drug-likeness (QED) is 0.860. The number of carbonyl (C=O) groups is 2. The molecular formula is C21H27FN2O2. The van der Waals surface area contributed by atoms with Crippen LogP contribution in [0.4, 0.5) is 10.1 Å². The number of aryl methyl sites for hydroxylation is 1. The Morgan fingerprint density at radius 3 is 2.23 bits per heavy atom. The van der Waals surface area contributed by atoms with Crippen molar-refractivity contribution in [2.24, 2.45) is 23.2 Å². The largest absolute Gasteiger partial charge is 0.344 e. The van der Waals surface area contributed by atoms with Gasteiger partial charge in [-0.3, -0.25) is 9.59 Å². The maximum Gasteiger partial charge on any atom is 0.246 e. The number of carbonyl (C=O) groups excluding carboxylic acids is 2. The highest BCUT2D eigenvalue weighted by atomic mass is 19.1. The van der Waals surface area contributed by atoms with Crippen LogP contribution >= 0.6 is 0 Å². The Bertz CT molecular complexity index is 710. The SMILES string of the molecule is Cc1ccc(NC(=O)[C@@H](C)NC(=O)C23CC4CC(CC(C4)C2)C3)cc1F. The van der Waals surface area contributed by atoms with Crippen molar-refractivity contribution >= 4 is 17.5 Å². The van der Waals surface area contributed by atoms with Gasteiger partial charge in [-0.15, -0.1) is 0 Å². The Hall–Kier alpha value is -1.91. The fourth-order valence-electron chi connectivity index (χ4n) is 5.73. The maximum absolute atomic E-state index is 13.6. The van der Waals surface area contributed by atoms with Crippen LogP contribution in [0.1, 0.15) is 51.0 Å². The van der Waals surface area contributed by atoms with Crippen molar-refractivity contribution < 1.29 is 14.0 Å². The predicted molar refractivity (Wildman–Crippen MR) is 98.0 cm³/mol. The van der Waals surface area contributed by atoms with Crippen LogP contribution in [0.2, 0.25) is 0 Å². The van der Waals surface area contributed by atoms with Gasteiger partial charge in [0.2, 0.25) is 11.8 Å². The van der Waals surface area contributed by atoms with Crippen LogP contribution in [0, 0.1) is 35.9 Å². The molecule has 4 nitrogen and oxygen atoms in total. The summed E-state index contributed by atoms with van der Waals surface area (Å²) in [7, 11) is 0. The van der Waals surface area contributed by atoms with Gasteiger partial charge in [-0.1, -0.05) is 6.07 Å². The lowest BCUT2D eigenvalue weighted by Gasteiger charge is -2.55.